The van der Waals surface area contributed by atoms with Crippen LogP contribution < -0.4 is 10.1 Å². The van der Waals surface area contributed by atoms with Crippen molar-refractivity contribution in [2.75, 3.05) is 5.32 Å². The molecular formula is C18H20N4O3. The minimum atomic E-state index is -0.320. The molecular weight excluding hydrogens is 320 g/mol. The predicted molar refractivity (Wildman–Crippen MR) is 92.7 cm³/mol. The van der Waals surface area contributed by atoms with E-state index in [1.807, 2.05) is 32.0 Å². The summed E-state index contributed by atoms with van der Waals surface area (Å²) in [6.07, 6.45) is 1.70. The Balaban J connectivity index is 1.66. The molecule has 3 rings (SSSR count). The Hall–Kier alpha value is -3.09. The second-order valence-electron chi connectivity index (χ2n) is 5.94. The summed E-state index contributed by atoms with van der Waals surface area (Å²) in [6, 6.07) is 7.66. The Bertz CT molecular complexity index is 891. The first-order chi connectivity index (χ1) is 11.9. The lowest BCUT2D eigenvalue weighted by atomic mass is 10.1. The molecule has 0 saturated carbocycles. The van der Waals surface area contributed by atoms with Crippen LogP contribution in [0.1, 0.15) is 33.1 Å². The molecule has 0 atom stereocenters. The van der Waals surface area contributed by atoms with Crippen LogP contribution in [0, 0.1) is 27.7 Å². The molecule has 0 unspecified atom stereocenters. The van der Waals surface area contributed by atoms with E-state index in [2.05, 4.69) is 15.6 Å². The maximum atomic E-state index is 12.3. The number of amides is 1. The molecule has 0 aliphatic rings. The number of nitrogens with one attached hydrogen (secondary N) is 1. The van der Waals surface area contributed by atoms with Crippen LogP contribution in [0.3, 0.4) is 0 Å². The van der Waals surface area contributed by atoms with E-state index >= 15 is 0 Å². The number of ether oxygens (including phenoxy) is 1. The van der Waals surface area contributed by atoms with Crippen molar-refractivity contribution in [1.82, 2.24) is 14.9 Å². The van der Waals surface area contributed by atoms with Crippen molar-refractivity contribution in [3.63, 3.8) is 0 Å². The van der Waals surface area contributed by atoms with Crippen LogP contribution >= 0.6 is 0 Å². The van der Waals surface area contributed by atoms with Crippen molar-refractivity contribution < 1.29 is 14.1 Å². The Kier molecular flexibility index (Phi) is 4.56. The van der Waals surface area contributed by atoms with Crippen LogP contribution in [0.15, 0.2) is 35.0 Å². The fourth-order valence-corrected chi connectivity index (χ4v) is 2.39. The molecule has 0 aliphatic carbocycles. The molecule has 0 aliphatic heterocycles. The molecule has 0 bridgehead atoms. The highest BCUT2D eigenvalue weighted by Gasteiger charge is 2.15. The van der Waals surface area contributed by atoms with Gasteiger partial charge in [-0.1, -0.05) is 17.3 Å². The number of hydrogen-bond donors (Lipinski definition) is 1. The van der Waals surface area contributed by atoms with E-state index in [0.717, 1.165) is 16.9 Å². The summed E-state index contributed by atoms with van der Waals surface area (Å²) in [7, 11) is 0. The number of benzene rings is 1. The summed E-state index contributed by atoms with van der Waals surface area (Å²) in [6.45, 7) is 7.73. The number of anilines is 1. The molecule has 0 radical (unpaired) electrons. The Morgan fingerprint density at radius 3 is 2.76 bits per heavy atom. The zero-order chi connectivity index (χ0) is 18.0. The van der Waals surface area contributed by atoms with E-state index in [4.69, 9.17) is 9.26 Å². The van der Waals surface area contributed by atoms with Gasteiger partial charge in [0, 0.05) is 6.20 Å². The van der Waals surface area contributed by atoms with Gasteiger partial charge in [-0.25, -0.2) is 4.68 Å². The average molecular weight is 340 g/mol. The fraction of sp³-hybridized carbons (Fsp3) is 0.278. The number of rotatable bonds is 5. The second kappa shape index (κ2) is 6.80. The highest BCUT2D eigenvalue weighted by molar-refractivity contribution is 6.03. The largest absolute Gasteiger partial charge is 0.471 e. The molecule has 130 valence electrons. The lowest BCUT2D eigenvalue weighted by Gasteiger charge is -2.09. The molecule has 1 aromatic carbocycles. The maximum Gasteiger partial charge on any atom is 0.276 e. The third-order valence-corrected chi connectivity index (χ3v) is 3.84. The van der Waals surface area contributed by atoms with Gasteiger partial charge in [0.05, 0.1) is 0 Å². The monoisotopic (exact) mass is 340 g/mol. The van der Waals surface area contributed by atoms with Crippen molar-refractivity contribution in [3.05, 3.63) is 58.7 Å². The summed E-state index contributed by atoms with van der Waals surface area (Å²) in [5, 5.41) is 10.8. The number of aromatic nitrogens is 3. The Morgan fingerprint density at radius 2 is 2.04 bits per heavy atom. The lowest BCUT2D eigenvalue weighted by molar-refractivity contribution is 0.102. The van der Waals surface area contributed by atoms with Gasteiger partial charge in [0.15, 0.2) is 18.2 Å². The molecule has 0 spiro atoms. The highest BCUT2D eigenvalue weighted by atomic mass is 16.5. The van der Waals surface area contributed by atoms with Gasteiger partial charge in [0.25, 0.3) is 5.91 Å². The zero-order valence-electron chi connectivity index (χ0n) is 14.7. The van der Waals surface area contributed by atoms with Gasteiger partial charge in [0.2, 0.25) is 0 Å². The SMILES string of the molecule is Cc1ccc(C)c(OCn2ccc(C(=O)Nc3c(C)noc3C)n2)c1. The predicted octanol–water partition coefficient (Wildman–Crippen LogP) is 3.39. The summed E-state index contributed by atoms with van der Waals surface area (Å²) >= 11 is 0. The maximum absolute atomic E-state index is 12.3. The third kappa shape index (κ3) is 3.71. The number of nitrogens with zero attached hydrogens (tertiary/aromatic N) is 3. The number of carbonyl (C=O) groups excluding carboxylic acids is 1. The first-order valence-electron chi connectivity index (χ1n) is 7.92. The van der Waals surface area contributed by atoms with E-state index < -0.39 is 0 Å². The minimum Gasteiger partial charge on any atom is -0.471 e. The molecule has 7 heteroatoms. The van der Waals surface area contributed by atoms with Gasteiger partial charge in [-0.2, -0.15) is 5.10 Å². The van der Waals surface area contributed by atoms with Crippen molar-refractivity contribution in [3.8, 4) is 5.75 Å². The van der Waals surface area contributed by atoms with Gasteiger partial charge < -0.3 is 14.6 Å². The molecule has 2 aromatic heterocycles. The summed E-state index contributed by atoms with van der Waals surface area (Å²) < 4.78 is 12.4. The molecule has 0 saturated heterocycles. The fourth-order valence-electron chi connectivity index (χ4n) is 2.39. The van der Waals surface area contributed by atoms with Crippen molar-refractivity contribution >= 4 is 11.6 Å². The topological polar surface area (TPSA) is 82.2 Å². The van der Waals surface area contributed by atoms with Crippen LogP contribution in [-0.4, -0.2) is 20.8 Å². The van der Waals surface area contributed by atoms with Crippen molar-refractivity contribution in [2.24, 2.45) is 0 Å². The first kappa shape index (κ1) is 16.8. The van der Waals surface area contributed by atoms with E-state index in [0.29, 0.717) is 22.8 Å². The first-order valence-corrected chi connectivity index (χ1v) is 7.92. The van der Waals surface area contributed by atoms with Crippen LogP contribution in [0.5, 0.6) is 5.75 Å². The summed E-state index contributed by atoms with van der Waals surface area (Å²) in [5.74, 6) is 1.04. The van der Waals surface area contributed by atoms with Gasteiger partial charge in [-0.05, 0) is 51.0 Å². The van der Waals surface area contributed by atoms with E-state index in [1.54, 1.807) is 30.8 Å². The van der Waals surface area contributed by atoms with Crippen LogP contribution in [0.4, 0.5) is 5.69 Å². The highest BCUT2D eigenvalue weighted by Crippen LogP contribution is 2.20. The Labute approximate surface area is 145 Å². The van der Waals surface area contributed by atoms with Crippen molar-refractivity contribution in [1.29, 1.82) is 0 Å². The third-order valence-electron chi connectivity index (χ3n) is 3.84. The molecule has 7 nitrogen and oxygen atoms in total. The van der Waals surface area contributed by atoms with Gasteiger partial charge >= 0.3 is 0 Å². The smallest absolute Gasteiger partial charge is 0.276 e. The molecule has 3 aromatic rings. The van der Waals surface area contributed by atoms with E-state index in [9.17, 15) is 4.79 Å². The minimum absolute atomic E-state index is 0.225. The summed E-state index contributed by atoms with van der Waals surface area (Å²) in [5.41, 5.74) is 3.68. The molecule has 25 heavy (non-hydrogen) atoms. The number of hydrogen-bond acceptors (Lipinski definition) is 5. The van der Waals surface area contributed by atoms with E-state index in [1.165, 1.54) is 0 Å². The van der Waals surface area contributed by atoms with Crippen molar-refractivity contribution in [2.45, 2.75) is 34.4 Å². The van der Waals surface area contributed by atoms with Crippen LogP contribution in [0.2, 0.25) is 0 Å². The normalized spacial score (nSPS) is 10.7. The van der Waals surface area contributed by atoms with E-state index in [-0.39, 0.29) is 12.6 Å². The zero-order valence-corrected chi connectivity index (χ0v) is 14.7. The number of aryl methyl sites for hydroxylation is 4. The Morgan fingerprint density at radius 1 is 1.24 bits per heavy atom. The molecule has 1 N–H and O–H groups in total. The molecule has 2 heterocycles. The summed E-state index contributed by atoms with van der Waals surface area (Å²) in [4.78, 5) is 12.3. The molecule has 1 amide bonds. The van der Waals surface area contributed by atoms with Crippen LogP contribution in [-0.2, 0) is 6.73 Å². The standard InChI is InChI=1S/C18H20N4O3/c1-11-5-6-12(2)16(9-11)24-10-22-8-7-15(20-22)18(23)19-17-13(3)21-25-14(17)4/h5-9H,10H2,1-4H3,(H,19,23). The molecule has 0 fully saturated rings. The average Bonchev–Trinajstić information content (AvgIpc) is 3.18. The van der Waals surface area contributed by atoms with Gasteiger partial charge in [-0.15, -0.1) is 0 Å². The quantitative estimate of drug-likeness (QED) is 0.770. The van der Waals surface area contributed by atoms with Crippen LogP contribution in [0.25, 0.3) is 0 Å². The van der Waals surface area contributed by atoms with Gasteiger partial charge in [-0.3, -0.25) is 4.79 Å². The second-order valence-corrected chi connectivity index (χ2v) is 5.94. The lowest BCUT2D eigenvalue weighted by Crippen LogP contribution is -2.15. The van der Waals surface area contributed by atoms with Gasteiger partial charge in [0.1, 0.15) is 17.1 Å². The number of carbonyl (C=O) groups is 1.